The highest BCUT2D eigenvalue weighted by molar-refractivity contribution is 6.17. The van der Waals surface area contributed by atoms with Crippen LogP contribution in [-0.4, -0.2) is 24.2 Å². The van der Waals surface area contributed by atoms with Crippen LogP contribution in [0.1, 0.15) is 24.6 Å². The molecule has 0 fully saturated rings. The van der Waals surface area contributed by atoms with Gasteiger partial charge >= 0.3 is 6.18 Å². The fourth-order valence-corrected chi connectivity index (χ4v) is 1.94. The first-order chi connectivity index (χ1) is 8.37. The largest absolute Gasteiger partial charge is 0.405 e. The number of anilines is 1. The van der Waals surface area contributed by atoms with E-state index in [0.717, 1.165) is 5.56 Å². The summed E-state index contributed by atoms with van der Waals surface area (Å²) in [6.45, 7) is 2.93. The lowest BCUT2D eigenvalue weighted by atomic mass is 10.2. The van der Waals surface area contributed by atoms with Gasteiger partial charge in [0.05, 0.1) is 0 Å². The summed E-state index contributed by atoms with van der Waals surface area (Å²) in [5.41, 5.74) is 1.51. The van der Waals surface area contributed by atoms with Gasteiger partial charge in [0.2, 0.25) is 0 Å². The van der Waals surface area contributed by atoms with Crippen LogP contribution < -0.4 is 4.90 Å². The molecule has 102 valence electrons. The van der Waals surface area contributed by atoms with Crippen molar-refractivity contribution < 1.29 is 13.2 Å². The molecule has 0 spiro atoms. The van der Waals surface area contributed by atoms with Crippen LogP contribution in [0.15, 0.2) is 12.1 Å². The number of aryl methyl sites for hydroxylation is 1. The molecule has 1 rings (SSSR count). The molecule has 1 aromatic rings. The van der Waals surface area contributed by atoms with Gasteiger partial charge in [-0.05, 0) is 25.0 Å². The molecule has 0 bridgehead atoms. The van der Waals surface area contributed by atoms with E-state index in [1.54, 1.807) is 19.1 Å². The quantitative estimate of drug-likeness (QED) is 0.760. The summed E-state index contributed by atoms with van der Waals surface area (Å²) in [6, 6.07) is 3.32. The third-order valence-corrected chi connectivity index (χ3v) is 2.80. The first-order valence-electron chi connectivity index (χ1n) is 5.71. The van der Waals surface area contributed by atoms with Crippen molar-refractivity contribution in [2.75, 3.05) is 18.0 Å². The first kappa shape index (κ1) is 15.1. The summed E-state index contributed by atoms with van der Waals surface area (Å²) >= 11 is 5.70. The van der Waals surface area contributed by atoms with E-state index < -0.39 is 12.7 Å². The second-order valence-corrected chi connectivity index (χ2v) is 4.35. The molecule has 0 aliphatic carbocycles. The molecular formula is C12H16ClF3N2. The lowest BCUT2D eigenvalue weighted by Crippen LogP contribution is -2.35. The maximum atomic E-state index is 12.5. The van der Waals surface area contributed by atoms with Crippen molar-refractivity contribution in [2.24, 2.45) is 0 Å². The fourth-order valence-electron chi connectivity index (χ4n) is 1.65. The number of aromatic nitrogens is 1. The van der Waals surface area contributed by atoms with Gasteiger partial charge in [-0.15, -0.1) is 11.6 Å². The summed E-state index contributed by atoms with van der Waals surface area (Å²) in [5, 5.41) is 0. The smallest absolute Gasteiger partial charge is 0.348 e. The second-order valence-electron chi connectivity index (χ2n) is 4.08. The van der Waals surface area contributed by atoms with Crippen LogP contribution in [-0.2, 0) is 5.88 Å². The zero-order valence-corrected chi connectivity index (χ0v) is 11.1. The van der Waals surface area contributed by atoms with Crippen LogP contribution in [0, 0.1) is 6.92 Å². The Hall–Kier alpha value is -0.970. The molecular weight excluding hydrogens is 265 g/mol. The molecule has 1 aromatic heterocycles. The summed E-state index contributed by atoms with van der Waals surface area (Å²) in [5.74, 6) is 0.659. The van der Waals surface area contributed by atoms with Crippen LogP contribution in [0.3, 0.4) is 0 Å². The topological polar surface area (TPSA) is 16.1 Å². The first-order valence-corrected chi connectivity index (χ1v) is 6.25. The van der Waals surface area contributed by atoms with Crippen molar-refractivity contribution in [1.29, 1.82) is 0 Å². The van der Waals surface area contributed by atoms with Gasteiger partial charge in [-0.3, -0.25) is 0 Å². The van der Waals surface area contributed by atoms with E-state index >= 15 is 0 Å². The molecule has 1 heterocycles. The Bertz CT molecular complexity index is 393. The molecule has 0 unspecified atom stereocenters. The molecule has 0 amide bonds. The van der Waals surface area contributed by atoms with E-state index in [9.17, 15) is 13.2 Å². The van der Waals surface area contributed by atoms with Gasteiger partial charge in [0, 0.05) is 18.1 Å². The van der Waals surface area contributed by atoms with Crippen molar-refractivity contribution in [2.45, 2.75) is 32.3 Å². The molecule has 18 heavy (non-hydrogen) atoms. The zero-order chi connectivity index (χ0) is 13.8. The average Bonchev–Trinajstić information content (AvgIpc) is 2.26. The number of halogens is 4. The predicted octanol–water partition coefficient (Wildman–Crippen LogP) is 3.91. The van der Waals surface area contributed by atoms with E-state index in [0.29, 0.717) is 30.4 Å². The Kier molecular flexibility index (Phi) is 5.26. The Balaban J connectivity index is 2.95. The van der Waals surface area contributed by atoms with E-state index in [1.165, 1.54) is 4.90 Å². The third kappa shape index (κ3) is 4.37. The molecule has 0 aliphatic heterocycles. The number of alkyl halides is 4. The minimum atomic E-state index is -4.23. The van der Waals surface area contributed by atoms with Crippen LogP contribution in [0.25, 0.3) is 0 Å². The van der Waals surface area contributed by atoms with Crippen molar-refractivity contribution in [3.8, 4) is 0 Å². The highest BCUT2D eigenvalue weighted by Gasteiger charge is 2.31. The zero-order valence-electron chi connectivity index (χ0n) is 10.4. The number of pyridine rings is 1. The van der Waals surface area contributed by atoms with Gasteiger partial charge < -0.3 is 4.90 Å². The minimum Gasteiger partial charge on any atom is -0.348 e. The van der Waals surface area contributed by atoms with Crippen molar-refractivity contribution in [3.05, 3.63) is 23.4 Å². The minimum absolute atomic E-state index is 0.312. The van der Waals surface area contributed by atoms with Gasteiger partial charge in [-0.25, -0.2) is 4.98 Å². The SMILES string of the molecule is CCCN(CC(F)(F)F)c1ccc(CCl)c(C)n1. The van der Waals surface area contributed by atoms with Crippen LogP contribution in [0.2, 0.25) is 0 Å². The van der Waals surface area contributed by atoms with Crippen LogP contribution in [0.5, 0.6) is 0 Å². The lowest BCUT2D eigenvalue weighted by Gasteiger charge is -2.25. The lowest BCUT2D eigenvalue weighted by molar-refractivity contribution is -0.119. The predicted molar refractivity (Wildman–Crippen MR) is 67.1 cm³/mol. The normalized spacial score (nSPS) is 11.7. The standard InChI is InChI=1S/C12H16ClF3N2/c1-3-6-18(8-12(14,15)16)11-5-4-10(7-13)9(2)17-11/h4-5H,3,6-8H2,1-2H3. The van der Waals surface area contributed by atoms with Crippen molar-refractivity contribution in [1.82, 2.24) is 4.98 Å². The number of hydrogen-bond acceptors (Lipinski definition) is 2. The van der Waals surface area contributed by atoms with E-state index in [2.05, 4.69) is 4.98 Å². The van der Waals surface area contributed by atoms with Gasteiger partial charge in [0.1, 0.15) is 12.4 Å². The Morgan fingerprint density at radius 2 is 2.00 bits per heavy atom. The summed E-state index contributed by atoms with van der Waals surface area (Å²) in [4.78, 5) is 5.43. The molecule has 0 saturated carbocycles. The number of rotatable bonds is 5. The molecule has 6 heteroatoms. The third-order valence-electron chi connectivity index (χ3n) is 2.51. The molecule has 0 atom stereocenters. The summed E-state index contributed by atoms with van der Waals surface area (Å²) in [6.07, 6.45) is -3.59. The highest BCUT2D eigenvalue weighted by atomic mass is 35.5. The number of hydrogen-bond donors (Lipinski definition) is 0. The number of nitrogens with zero attached hydrogens (tertiary/aromatic N) is 2. The Morgan fingerprint density at radius 3 is 2.44 bits per heavy atom. The average molecular weight is 281 g/mol. The molecule has 0 N–H and O–H groups in total. The maximum Gasteiger partial charge on any atom is 0.405 e. The van der Waals surface area contributed by atoms with Gasteiger partial charge in [0.15, 0.2) is 0 Å². The Labute approximate surface area is 110 Å². The molecule has 0 saturated heterocycles. The van der Waals surface area contributed by atoms with E-state index in [-0.39, 0.29) is 0 Å². The highest BCUT2D eigenvalue weighted by Crippen LogP contribution is 2.22. The fraction of sp³-hybridized carbons (Fsp3) is 0.583. The summed E-state index contributed by atoms with van der Waals surface area (Å²) < 4.78 is 37.4. The summed E-state index contributed by atoms with van der Waals surface area (Å²) in [7, 11) is 0. The van der Waals surface area contributed by atoms with Crippen molar-refractivity contribution in [3.63, 3.8) is 0 Å². The molecule has 0 aliphatic rings. The molecule has 2 nitrogen and oxygen atoms in total. The van der Waals surface area contributed by atoms with Crippen LogP contribution >= 0.6 is 11.6 Å². The monoisotopic (exact) mass is 280 g/mol. The van der Waals surface area contributed by atoms with Gasteiger partial charge in [0.25, 0.3) is 0 Å². The van der Waals surface area contributed by atoms with E-state index in [1.807, 2.05) is 6.92 Å². The molecule has 0 aromatic carbocycles. The maximum absolute atomic E-state index is 12.5. The molecule has 0 radical (unpaired) electrons. The van der Waals surface area contributed by atoms with Crippen LogP contribution in [0.4, 0.5) is 19.0 Å². The van der Waals surface area contributed by atoms with Gasteiger partial charge in [-0.2, -0.15) is 13.2 Å². The van der Waals surface area contributed by atoms with Crippen molar-refractivity contribution >= 4 is 17.4 Å². The van der Waals surface area contributed by atoms with E-state index in [4.69, 9.17) is 11.6 Å². The second kappa shape index (κ2) is 6.27. The van der Waals surface area contributed by atoms with Gasteiger partial charge in [-0.1, -0.05) is 13.0 Å². The Morgan fingerprint density at radius 1 is 1.33 bits per heavy atom.